The monoisotopic (exact) mass is 192 g/mol. The molecule has 0 spiro atoms. The van der Waals surface area contributed by atoms with E-state index in [-0.39, 0.29) is 5.60 Å². The SMILES string of the molecule is C[C@H](O)c1ccc2c(c1)CC(C)(C)O2. The van der Waals surface area contributed by atoms with Crippen LogP contribution in [0, 0.1) is 0 Å². The molecule has 2 nitrogen and oxygen atoms in total. The molecule has 0 saturated heterocycles. The van der Waals surface area contributed by atoms with Gasteiger partial charge in [-0.15, -0.1) is 0 Å². The molecule has 0 fully saturated rings. The second-order valence-electron chi connectivity index (χ2n) is 4.58. The molecule has 0 unspecified atom stereocenters. The number of hydrogen-bond acceptors (Lipinski definition) is 2. The van der Waals surface area contributed by atoms with Crippen LogP contribution in [0.1, 0.15) is 38.0 Å². The Morgan fingerprint density at radius 3 is 2.79 bits per heavy atom. The summed E-state index contributed by atoms with van der Waals surface area (Å²) < 4.78 is 5.75. The van der Waals surface area contributed by atoms with Gasteiger partial charge in [-0.25, -0.2) is 0 Å². The summed E-state index contributed by atoms with van der Waals surface area (Å²) in [6.45, 7) is 5.94. The Kier molecular flexibility index (Phi) is 2.04. The van der Waals surface area contributed by atoms with Gasteiger partial charge in [0.15, 0.2) is 0 Å². The lowest BCUT2D eigenvalue weighted by atomic mass is 9.99. The highest BCUT2D eigenvalue weighted by molar-refractivity contribution is 5.42. The highest BCUT2D eigenvalue weighted by Crippen LogP contribution is 2.35. The van der Waals surface area contributed by atoms with Crippen molar-refractivity contribution in [1.29, 1.82) is 0 Å². The highest BCUT2D eigenvalue weighted by atomic mass is 16.5. The van der Waals surface area contributed by atoms with Crippen LogP contribution in [-0.4, -0.2) is 10.7 Å². The predicted molar refractivity (Wildman–Crippen MR) is 55.5 cm³/mol. The zero-order valence-corrected chi connectivity index (χ0v) is 8.87. The van der Waals surface area contributed by atoms with E-state index in [0.29, 0.717) is 0 Å². The Balaban J connectivity index is 2.36. The molecule has 2 heteroatoms. The molecule has 0 amide bonds. The second kappa shape index (κ2) is 2.99. The fourth-order valence-electron chi connectivity index (χ4n) is 1.89. The van der Waals surface area contributed by atoms with Gasteiger partial charge in [0.05, 0.1) is 6.10 Å². The van der Waals surface area contributed by atoms with Crippen LogP contribution in [-0.2, 0) is 6.42 Å². The van der Waals surface area contributed by atoms with E-state index in [1.165, 1.54) is 5.56 Å². The summed E-state index contributed by atoms with van der Waals surface area (Å²) in [4.78, 5) is 0. The molecule has 0 radical (unpaired) electrons. The molecule has 14 heavy (non-hydrogen) atoms. The molecule has 76 valence electrons. The van der Waals surface area contributed by atoms with Crippen LogP contribution in [0.15, 0.2) is 18.2 Å². The van der Waals surface area contributed by atoms with Crippen LogP contribution in [0.3, 0.4) is 0 Å². The van der Waals surface area contributed by atoms with Gasteiger partial charge in [-0.3, -0.25) is 0 Å². The molecule has 1 aliphatic heterocycles. The fourth-order valence-corrected chi connectivity index (χ4v) is 1.89. The molecule has 1 N–H and O–H groups in total. The van der Waals surface area contributed by atoms with Crippen molar-refractivity contribution in [1.82, 2.24) is 0 Å². The zero-order chi connectivity index (χ0) is 10.3. The molecule has 1 heterocycles. The van der Waals surface area contributed by atoms with E-state index >= 15 is 0 Å². The molecule has 0 saturated carbocycles. The lowest BCUT2D eigenvalue weighted by Gasteiger charge is -2.16. The van der Waals surface area contributed by atoms with Crippen LogP contribution in [0.5, 0.6) is 5.75 Å². The van der Waals surface area contributed by atoms with E-state index in [9.17, 15) is 5.11 Å². The van der Waals surface area contributed by atoms with E-state index in [4.69, 9.17) is 4.74 Å². The van der Waals surface area contributed by atoms with Crippen LogP contribution in [0.2, 0.25) is 0 Å². The number of benzene rings is 1. The van der Waals surface area contributed by atoms with Gasteiger partial charge in [0.25, 0.3) is 0 Å². The Bertz CT molecular complexity index is 353. The maximum absolute atomic E-state index is 9.44. The number of hydrogen-bond donors (Lipinski definition) is 1. The summed E-state index contributed by atoms with van der Waals surface area (Å²) in [6, 6.07) is 5.91. The van der Waals surface area contributed by atoms with E-state index in [0.717, 1.165) is 17.7 Å². The minimum Gasteiger partial charge on any atom is -0.487 e. The van der Waals surface area contributed by atoms with Crippen molar-refractivity contribution in [3.05, 3.63) is 29.3 Å². The lowest BCUT2D eigenvalue weighted by molar-refractivity contribution is 0.138. The van der Waals surface area contributed by atoms with Crippen molar-refractivity contribution in [2.45, 2.75) is 38.9 Å². The van der Waals surface area contributed by atoms with Crippen molar-refractivity contribution in [3.8, 4) is 5.75 Å². The predicted octanol–water partition coefficient (Wildman–Crippen LogP) is 2.45. The van der Waals surface area contributed by atoms with E-state index in [1.54, 1.807) is 6.92 Å². The van der Waals surface area contributed by atoms with Crippen molar-refractivity contribution in [2.75, 3.05) is 0 Å². The minimum absolute atomic E-state index is 0.0976. The minimum atomic E-state index is -0.399. The summed E-state index contributed by atoms with van der Waals surface area (Å²) in [5.74, 6) is 0.958. The van der Waals surface area contributed by atoms with Crippen LogP contribution in [0.4, 0.5) is 0 Å². The average molecular weight is 192 g/mol. The molecule has 1 aromatic carbocycles. The standard InChI is InChI=1S/C12H16O2/c1-8(13)9-4-5-11-10(6-9)7-12(2,3)14-11/h4-6,8,13H,7H2,1-3H3/t8-/m0/s1. The van der Waals surface area contributed by atoms with Crippen molar-refractivity contribution < 1.29 is 9.84 Å². The first-order valence-electron chi connectivity index (χ1n) is 4.98. The number of fused-ring (bicyclic) bond motifs is 1. The highest BCUT2D eigenvalue weighted by Gasteiger charge is 2.29. The van der Waals surface area contributed by atoms with E-state index in [2.05, 4.69) is 13.8 Å². The average Bonchev–Trinajstić information content (AvgIpc) is 2.36. The van der Waals surface area contributed by atoms with Crippen LogP contribution < -0.4 is 4.74 Å². The van der Waals surface area contributed by atoms with Crippen molar-refractivity contribution >= 4 is 0 Å². The molecule has 1 aliphatic rings. The summed E-state index contributed by atoms with van der Waals surface area (Å²) in [5, 5.41) is 9.44. The third-order valence-electron chi connectivity index (χ3n) is 2.57. The summed E-state index contributed by atoms with van der Waals surface area (Å²) in [5.41, 5.74) is 2.07. The maximum Gasteiger partial charge on any atom is 0.123 e. The summed E-state index contributed by atoms with van der Waals surface area (Å²) in [7, 11) is 0. The number of ether oxygens (including phenoxy) is 1. The molecule has 0 aliphatic carbocycles. The van der Waals surface area contributed by atoms with Crippen molar-refractivity contribution in [3.63, 3.8) is 0 Å². The third-order valence-corrected chi connectivity index (χ3v) is 2.57. The van der Waals surface area contributed by atoms with E-state index < -0.39 is 6.10 Å². The van der Waals surface area contributed by atoms with Crippen molar-refractivity contribution in [2.24, 2.45) is 0 Å². The van der Waals surface area contributed by atoms with Gasteiger partial charge < -0.3 is 9.84 Å². The summed E-state index contributed by atoms with van der Waals surface area (Å²) in [6.07, 6.45) is 0.520. The van der Waals surface area contributed by atoms with Gasteiger partial charge in [-0.2, -0.15) is 0 Å². The van der Waals surface area contributed by atoms with Gasteiger partial charge in [-0.1, -0.05) is 6.07 Å². The molecule has 2 rings (SSSR count). The molecular formula is C12H16O2. The first kappa shape index (κ1) is 9.53. The normalized spacial score (nSPS) is 20.0. The first-order valence-corrected chi connectivity index (χ1v) is 4.98. The molecule has 1 atom stereocenters. The van der Waals surface area contributed by atoms with E-state index in [1.807, 2.05) is 18.2 Å². The van der Waals surface area contributed by atoms with Gasteiger partial charge in [-0.05, 0) is 44.0 Å². The molecule has 0 aromatic heterocycles. The Labute approximate surface area is 84.5 Å². The number of aliphatic hydroxyl groups excluding tert-OH is 1. The zero-order valence-electron chi connectivity index (χ0n) is 8.87. The smallest absolute Gasteiger partial charge is 0.123 e. The van der Waals surface area contributed by atoms with Crippen LogP contribution in [0.25, 0.3) is 0 Å². The molecule has 1 aromatic rings. The number of aliphatic hydroxyl groups is 1. The number of rotatable bonds is 1. The summed E-state index contributed by atoms with van der Waals surface area (Å²) >= 11 is 0. The van der Waals surface area contributed by atoms with Gasteiger partial charge in [0.1, 0.15) is 11.4 Å². The maximum atomic E-state index is 9.44. The Morgan fingerprint density at radius 2 is 2.14 bits per heavy atom. The topological polar surface area (TPSA) is 29.5 Å². The first-order chi connectivity index (χ1) is 6.48. The van der Waals surface area contributed by atoms with Gasteiger partial charge in [0, 0.05) is 6.42 Å². The third kappa shape index (κ3) is 1.62. The lowest BCUT2D eigenvalue weighted by Crippen LogP contribution is -2.24. The van der Waals surface area contributed by atoms with Gasteiger partial charge in [0.2, 0.25) is 0 Å². The fraction of sp³-hybridized carbons (Fsp3) is 0.500. The largest absolute Gasteiger partial charge is 0.487 e. The Hall–Kier alpha value is -1.02. The quantitative estimate of drug-likeness (QED) is 0.740. The molecular weight excluding hydrogens is 176 g/mol. The second-order valence-corrected chi connectivity index (χ2v) is 4.58. The Morgan fingerprint density at radius 1 is 1.43 bits per heavy atom. The van der Waals surface area contributed by atoms with Crippen LogP contribution >= 0.6 is 0 Å². The van der Waals surface area contributed by atoms with Gasteiger partial charge >= 0.3 is 0 Å². The molecule has 0 bridgehead atoms.